The molecule has 0 radical (unpaired) electrons. The van der Waals surface area contributed by atoms with Crippen molar-refractivity contribution in [1.82, 2.24) is 4.98 Å². The van der Waals surface area contributed by atoms with Gasteiger partial charge in [-0.25, -0.2) is 21.8 Å². The lowest BCUT2D eigenvalue weighted by Gasteiger charge is -2.11. The highest BCUT2D eigenvalue weighted by Gasteiger charge is 2.19. The Bertz CT molecular complexity index is 880. The average Bonchev–Trinajstić information content (AvgIpc) is 2.37. The lowest BCUT2D eigenvalue weighted by molar-refractivity contribution is 0.601. The van der Waals surface area contributed by atoms with Gasteiger partial charge in [-0.3, -0.25) is 4.72 Å². The van der Waals surface area contributed by atoms with Crippen LogP contribution in [0, 0.1) is 0 Å². The van der Waals surface area contributed by atoms with Crippen LogP contribution in [0.1, 0.15) is 0 Å². The third kappa shape index (κ3) is 3.72. The lowest BCUT2D eigenvalue weighted by Crippen LogP contribution is -2.15. The first-order valence-corrected chi connectivity index (χ1v) is 9.39. The van der Waals surface area contributed by atoms with Crippen LogP contribution in [-0.4, -0.2) is 28.1 Å². The number of pyridine rings is 1. The molecule has 1 aromatic carbocycles. The van der Waals surface area contributed by atoms with Gasteiger partial charge in [0.1, 0.15) is 5.15 Å². The molecule has 112 valence electrons. The van der Waals surface area contributed by atoms with Gasteiger partial charge in [-0.1, -0.05) is 23.7 Å². The maximum absolute atomic E-state index is 12.2. The van der Waals surface area contributed by atoms with Crippen molar-refractivity contribution in [3.8, 4) is 0 Å². The smallest absolute Gasteiger partial charge is 0.262 e. The van der Waals surface area contributed by atoms with Gasteiger partial charge in [0.2, 0.25) is 0 Å². The topological polar surface area (TPSA) is 93.2 Å². The van der Waals surface area contributed by atoms with Crippen molar-refractivity contribution in [2.45, 2.75) is 9.79 Å². The zero-order valence-corrected chi connectivity index (χ0v) is 13.2. The fraction of sp³-hybridized carbons (Fsp3) is 0.0833. The monoisotopic (exact) mass is 346 g/mol. The first-order chi connectivity index (χ1) is 9.70. The van der Waals surface area contributed by atoms with Gasteiger partial charge in [0.15, 0.2) is 9.84 Å². The van der Waals surface area contributed by atoms with Crippen LogP contribution in [-0.2, 0) is 19.9 Å². The summed E-state index contributed by atoms with van der Waals surface area (Å²) in [6.45, 7) is 0. The molecule has 0 unspecified atom stereocenters. The number of para-hydroxylation sites is 1. The minimum absolute atomic E-state index is 0.0204. The molecule has 0 saturated carbocycles. The Morgan fingerprint density at radius 1 is 1.10 bits per heavy atom. The van der Waals surface area contributed by atoms with Crippen LogP contribution in [0.15, 0.2) is 52.4 Å². The minimum atomic E-state index is -3.96. The van der Waals surface area contributed by atoms with E-state index in [0.717, 1.165) is 6.26 Å². The van der Waals surface area contributed by atoms with Gasteiger partial charge in [-0.15, -0.1) is 0 Å². The molecule has 0 spiro atoms. The molecule has 0 amide bonds. The Kier molecular flexibility index (Phi) is 4.22. The number of anilines is 1. The molecule has 2 rings (SSSR count). The SMILES string of the molecule is CS(=O)(=O)c1ccccc1NS(=O)(=O)c1ccnc(Cl)c1. The van der Waals surface area contributed by atoms with Gasteiger partial charge in [0, 0.05) is 12.5 Å². The largest absolute Gasteiger partial charge is 0.278 e. The Morgan fingerprint density at radius 3 is 2.38 bits per heavy atom. The summed E-state index contributed by atoms with van der Waals surface area (Å²) in [5.74, 6) is 0. The summed E-state index contributed by atoms with van der Waals surface area (Å²) in [6, 6.07) is 8.18. The summed E-state index contributed by atoms with van der Waals surface area (Å²) in [6.07, 6.45) is 2.25. The number of benzene rings is 1. The van der Waals surface area contributed by atoms with E-state index in [1.54, 1.807) is 0 Å². The Labute approximate surface area is 127 Å². The number of halogens is 1. The van der Waals surface area contributed by atoms with Crippen molar-refractivity contribution in [1.29, 1.82) is 0 Å². The normalized spacial score (nSPS) is 12.1. The minimum Gasteiger partial charge on any atom is -0.278 e. The molecule has 0 bridgehead atoms. The summed E-state index contributed by atoms with van der Waals surface area (Å²) in [5, 5.41) is 0.0225. The summed E-state index contributed by atoms with van der Waals surface area (Å²) in [4.78, 5) is 3.49. The number of sulfonamides is 1. The molecule has 1 heterocycles. The van der Waals surface area contributed by atoms with E-state index in [1.165, 1.54) is 42.6 Å². The molecule has 0 aliphatic heterocycles. The van der Waals surface area contributed by atoms with Gasteiger partial charge in [0.25, 0.3) is 10.0 Å². The van der Waals surface area contributed by atoms with Crippen molar-refractivity contribution in [2.24, 2.45) is 0 Å². The van der Waals surface area contributed by atoms with Crippen LogP contribution >= 0.6 is 11.6 Å². The number of rotatable bonds is 4. The lowest BCUT2D eigenvalue weighted by atomic mass is 10.3. The van der Waals surface area contributed by atoms with Gasteiger partial charge in [-0.05, 0) is 24.3 Å². The predicted octanol–water partition coefficient (Wildman–Crippen LogP) is 1.94. The standard InChI is InChI=1S/C12H11ClN2O4S2/c1-20(16,17)11-5-3-2-4-10(11)15-21(18,19)9-6-7-14-12(13)8-9/h2-8,15H,1H3. The number of sulfone groups is 1. The van der Waals surface area contributed by atoms with E-state index >= 15 is 0 Å². The summed E-state index contributed by atoms with van der Waals surface area (Å²) < 4.78 is 50.1. The highest BCUT2D eigenvalue weighted by molar-refractivity contribution is 7.93. The molecule has 6 nitrogen and oxygen atoms in total. The van der Waals surface area contributed by atoms with Crippen molar-refractivity contribution in [2.75, 3.05) is 11.0 Å². The highest BCUT2D eigenvalue weighted by atomic mass is 35.5. The van der Waals surface area contributed by atoms with Crippen molar-refractivity contribution >= 4 is 37.1 Å². The molecular formula is C12H11ClN2O4S2. The zero-order valence-electron chi connectivity index (χ0n) is 10.8. The van der Waals surface area contributed by atoms with Gasteiger partial charge < -0.3 is 0 Å². The molecule has 0 fully saturated rings. The third-order valence-corrected chi connectivity index (χ3v) is 5.26. The second-order valence-corrected chi connectivity index (χ2v) is 8.24. The summed E-state index contributed by atoms with van der Waals surface area (Å²) in [5.41, 5.74) is -0.0204. The predicted molar refractivity (Wildman–Crippen MR) is 79.6 cm³/mol. The summed E-state index contributed by atoms with van der Waals surface area (Å²) in [7, 11) is -7.52. The average molecular weight is 347 g/mol. The zero-order chi connectivity index (χ0) is 15.7. The van der Waals surface area contributed by atoms with Crippen LogP contribution in [0.5, 0.6) is 0 Å². The molecule has 1 aromatic heterocycles. The van der Waals surface area contributed by atoms with Gasteiger partial charge >= 0.3 is 0 Å². The Balaban J connectivity index is 2.48. The van der Waals surface area contributed by atoms with Crippen molar-refractivity contribution in [3.63, 3.8) is 0 Å². The van der Waals surface area contributed by atoms with E-state index in [2.05, 4.69) is 9.71 Å². The maximum Gasteiger partial charge on any atom is 0.262 e. The molecule has 2 aromatic rings. The quantitative estimate of drug-likeness (QED) is 0.854. The molecule has 0 aliphatic carbocycles. The maximum atomic E-state index is 12.2. The summed E-state index contributed by atoms with van der Waals surface area (Å²) >= 11 is 5.66. The first kappa shape index (κ1) is 15.7. The van der Waals surface area contributed by atoms with E-state index < -0.39 is 19.9 Å². The van der Waals surface area contributed by atoms with E-state index in [9.17, 15) is 16.8 Å². The Morgan fingerprint density at radius 2 is 1.76 bits per heavy atom. The molecular weight excluding hydrogens is 336 g/mol. The molecule has 0 saturated heterocycles. The van der Waals surface area contributed by atoms with E-state index in [0.29, 0.717) is 0 Å². The van der Waals surface area contributed by atoms with E-state index in [4.69, 9.17) is 11.6 Å². The van der Waals surface area contributed by atoms with E-state index in [-0.39, 0.29) is 20.6 Å². The van der Waals surface area contributed by atoms with Crippen LogP contribution in [0.3, 0.4) is 0 Å². The molecule has 0 atom stereocenters. The number of hydrogen-bond donors (Lipinski definition) is 1. The molecule has 1 N–H and O–H groups in total. The Hall–Kier alpha value is -1.64. The second kappa shape index (κ2) is 5.63. The van der Waals surface area contributed by atoms with Crippen LogP contribution in [0.4, 0.5) is 5.69 Å². The molecule has 9 heteroatoms. The third-order valence-electron chi connectivity index (χ3n) is 2.54. The first-order valence-electron chi connectivity index (χ1n) is 5.63. The van der Waals surface area contributed by atoms with Gasteiger partial charge in [0.05, 0.1) is 15.5 Å². The number of aromatic nitrogens is 1. The fourth-order valence-corrected chi connectivity index (χ4v) is 3.87. The van der Waals surface area contributed by atoms with Crippen LogP contribution in [0.2, 0.25) is 5.15 Å². The van der Waals surface area contributed by atoms with Crippen molar-refractivity contribution in [3.05, 3.63) is 47.7 Å². The number of nitrogens with one attached hydrogen (secondary N) is 1. The molecule has 0 aliphatic rings. The van der Waals surface area contributed by atoms with Crippen LogP contribution < -0.4 is 4.72 Å². The second-order valence-electron chi connectivity index (χ2n) is 4.19. The molecule has 21 heavy (non-hydrogen) atoms. The number of hydrogen-bond acceptors (Lipinski definition) is 5. The number of nitrogens with zero attached hydrogens (tertiary/aromatic N) is 1. The van der Waals surface area contributed by atoms with Crippen molar-refractivity contribution < 1.29 is 16.8 Å². The van der Waals surface area contributed by atoms with Gasteiger partial charge in [-0.2, -0.15) is 0 Å². The highest BCUT2D eigenvalue weighted by Crippen LogP contribution is 2.24. The fourth-order valence-electron chi connectivity index (χ4n) is 1.63. The van der Waals surface area contributed by atoms with E-state index in [1.807, 2.05) is 0 Å². The van der Waals surface area contributed by atoms with Crippen LogP contribution in [0.25, 0.3) is 0 Å².